The molecule has 0 saturated carbocycles. The molecule has 0 aliphatic rings. The maximum Gasteiger partial charge on any atom is 0.163 e. The van der Waals surface area contributed by atoms with E-state index in [1.54, 1.807) is 13.0 Å². The summed E-state index contributed by atoms with van der Waals surface area (Å²) in [6.07, 6.45) is 1.68. The monoisotopic (exact) mass is 280 g/mol. The zero-order chi connectivity index (χ0) is 9.72. The molecule has 0 rings (SSSR count). The largest absolute Gasteiger partial charge is 0.383 e. The molecule has 0 saturated heterocycles. The number of aliphatic imine (C=N–C) groups is 1. The third-order valence-corrected chi connectivity index (χ3v) is 1.54. The maximum absolute atomic E-state index is 11.0. The Morgan fingerprint density at radius 3 is 2.42 bits per heavy atom. The number of allylic oxidation sites excluding steroid dienone is 1. The van der Waals surface area contributed by atoms with Crippen LogP contribution in [0, 0.1) is 0 Å². The standard InChI is InChI=1S/C8H13IN2O/c1-4-7(5(2)12)8(10)11-6(3)9/h4,6H,1-3H3,(H2,10,11)/b7-4-. The Balaban J connectivity index is 4.66. The number of ketones is 1. The van der Waals surface area contributed by atoms with Gasteiger partial charge in [-0.1, -0.05) is 28.7 Å². The zero-order valence-electron chi connectivity index (χ0n) is 7.47. The van der Waals surface area contributed by atoms with E-state index < -0.39 is 0 Å². The quantitative estimate of drug-likeness (QED) is 0.213. The molecule has 0 aromatic carbocycles. The molecule has 0 aliphatic heterocycles. The molecule has 4 heteroatoms. The Kier molecular flexibility index (Phi) is 5.12. The Labute approximate surface area is 86.3 Å². The van der Waals surface area contributed by atoms with Gasteiger partial charge in [0, 0.05) is 0 Å². The molecular formula is C8H13IN2O. The molecule has 0 fully saturated rings. The summed E-state index contributed by atoms with van der Waals surface area (Å²) in [5.74, 6) is 0.280. The van der Waals surface area contributed by atoms with Crippen LogP contribution >= 0.6 is 22.6 Å². The first kappa shape index (κ1) is 11.6. The highest BCUT2D eigenvalue weighted by molar-refractivity contribution is 14.1. The summed E-state index contributed by atoms with van der Waals surface area (Å²) < 4.78 is 0.0944. The topological polar surface area (TPSA) is 55.5 Å². The van der Waals surface area contributed by atoms with Gasteiger partial charge in [-0.3, -0.25) is 9.79 Å². The molecule has 1 unspecified atom stereocenters. The molecule has 0 aromatic heterocycles. The van der Waals surface area contributed by atoms with Gasteiger partial charge >= 0.3 is 0 Å². The molecule has 0 amide bonds. The zero-order valence-corrected chi connectivity index (χ0v) is 9.62. The van der Waals surface area contributed by atoms with E-state index in [9.17, 15) is 4.79 Å². The lowest BCUT2D eigenvalue weighted by Crippen LogP contribution is -2.20. The fourth-order valence-electron chi connectivity index (χ4n) is 0.793. The minimum absolute atomic E-state index is 0.0456. The van der Waals surface area contributed by atoms with Crippen molar-refractivity contribution in [1.82, 2.24) is 0 Å². The number of nitrogens with zero attached hydrogens (tertiary/aromatic N) is 1. The molecule has 0 bridgehead atoms. The van der Waals surface area contributed by atoms with Gasteiger partial charge in [-0.2, -0.15) is 0 Å². The first-order chi connectivity index (χ1) is 5.49. The predicted molar refractivity (Wildman–Crippen MR) is 59.5 cm³/mol. The van der Waals surface area contributed by atoms with E-state index in [1.165, 1.54) is 6.92 Å². The smallest absolute Gasteiger partial charge is 0.163 e. The van der Waals surface area contributed by atoms with Gasteiger partial charge in [0.25, 0.3) is 0 Å². The Morgan fingerprint density at radius 2 is 2.17 bits per heavy atom. The number of amidine groups is 1. The van der Waals surface area contributed by atoms with Crippen LogP contribution in [-0.2, 0) is 4.79 Å². The molecule has 0 heterocycles. The fourth-order valence-corrected chi connectivity index (χ4v) is 1.09. The number of carbonyl (C=O) groups excluding carboxylic acids is 1. The fraction of sp³-hybridized carbons (Fsp3) is 0.500. The van der Waals surface area contributed by atoms with Crippen molar-refractivity contribution in [3.8, 4) is 0 Å². The second kappa shape index (κ2) is 5.29. The molecule has 2 N–H and O–H groups in total. The summed E-state index contributed by atoms with van der Waals surface area (Å²) in [5, 5.41) is 0. The van der Waals surface area contributed by atoms with Crippen LogP contribution in [0.3, 0.4) is 0 Å². The predicted octanol–water partition coefficient (Wildman–Crippen LogP) is 1.66. The maximum atomic E-state index is 11.0. The number of nitrogens with two attached hydrogens (primary N) is 1. The van der Waals surface area contributed by atoms with Gasteiger partial charge in [0.1, 0.15) is 9.88 Å². The van der Waals surface area contributed by atoms with Gasteiger partial charge in [0.05, 0.1) is 5.57 Å². The van der Waals surface area contributed by atoms with Crippen LogP contribution in [0.15, 0.2) is 16.6 Å². The molecule has 0 aromatic rings. The highest BCUT2D eigenvalue weighted by Gasteiger charge is 2.07. The summed E-state index contributed by atoms with van der Waals surface area (Å²) >= 11 is 2.12. The number of rotatable bonds is 3. The number of alkyl halides is 1. The number of carbonyl (C=O) groups is 1. The van der Waals surface area contributed by atoms with Crippen molar-refractivity contribution in [3.63, 3.8) is 0 Å². The van der Waals surface area contributed by atoms with Crippen molar-refractivity contribution in [2.75, 3.05) is 0 Å². The first-order valence-electron chi connectivity index (χ1n) is 3.64. The minimum atomic E-state index is -0.0456. The van der Waals surface area contributed by atoms with Crippen LogP contribution in [0.1, 0.15) is 20.8 Å². The van der Waals surface area contributed by atoms with E-state index in [0.29, 0.717) is 11.4 Å². The Morgan fingerprint density at radius 1 is 1.67 bits per heavy atom. The lowest BCUT2D eigenvalue weighted by Gasteiger charge is -2.02. The molecule has 0 spiro atoms. The highest BCUT2D eigenvalue weighted by atomic mass is 127. The molecule has 0 radical (unpaired) electrons. The molecular weight excluding hydrogens is 267 g/mol. The van der Waals surface area contributed by atoms with E-state index >= 15 is 0 Å². The Hall–Kier alpha value is -0.390. The molecule has 68 valence electrons. The minimum Gasteiger partial charge on any atom is -0.383 e. The second-order valence-corrected chi connectivity index (χ2v) is 4.15. The molecule has 1 atom stereocenters. The van der Waals surface area contributed by atoms with Crippen LogP contribution in [0.4, 0.5) is 0 Å². The van der Waals surface area contributed by atoms with Gasteiger partial charge in [-0.25, -0.2) is 0 Å². The summed E-state index contributed by atoms with van der Waals surface area (Å²) in [6, 6.07) is 0. The average Bonchev–Trinajstić information content (AvgIpc) is 1.85. The molecule has 0 aliphatic carbocycles. The van der Waals surface area contributed by atoms with E-state index in [4.69, 9.17) is 5.73 Å². The third kappa shape index (κ3) is 3.85. The van der Waals surface area contributed by atoms with E-state index in [2.05, 4.69) is 27.6 Å². The normalized spacial score (nSPS) is 16.0. The van der Waals surface area contributed by atoms with Crippen molar-refractivity contribution in [3.05, 3.63) is 11.6 Å². The van der Waals surface area contributed by atoms with E-state index in [1.807, 2.05) is 6.92 Å². The summed E-state index contributed by atoms with van der Waals surface area (Å²) in [5.41, 5.74) is 6.09. The first-order valence-corrected chi connectivity index (χ1v) is 4.88. The number of hydrogen-bond acceptors (Lipinski definition) is 2. The van der Waals surface area contributed by atoms with Crippen LogP contribution in [-0.4, -0.2) is 15.7 Å². The van der Waals surface area contributed by atoms with Crippen molar-refractivity contribution >= 4 is 34.2 Å². The lowest BCUT2D eigenvalue weighted by atomic mass is 10.1. The Bertz CT molecular complexity index is 231. The summed E-state index contributed by atoms with van der Waals surface area (Å²) in [7, 11) is 0. The van der Waals surface area contributed by atoms with Crippen molar-refractivity contribution < 1.29 is 4.79 Å². The summed E-state index contributed by atoms with van der Waals surface area (Å²) in [4.78, 5) is 15.0. The van der Waals surface area contributed by atoms with Gasteiger partial charge in [-0.15, -0.1) is 0 Å². The average molecular weight is 280 g/mol. The van der Waals surface area contributed by atoms with Crippen LogP contribution < -0.4 is 5.73 Å². The van der Waals surface area contributed by atoms with Gasteiger partial charge in [-0.05, 0) is 20.8 Å². The van der Waals surface area contributed by atoms with Gasteiger partial charge in [0.2, 0.25) is 0 Å². The third-order valence-electron chi connectivity index (χ3n) is 1.26. The van der Waals surface area contributed by atoms with Gasteiger partial charge < -0.3 is 5.73 Å². The van der Waals surface area contributed by atoms with Crippen molar-refractivity contribution in [1.29, 1.82) is 0 Å². The summed E-state index contributed by atoms with van der Waals surface area (Å²) in [6.45, 7) is 5.16. The van der Waals surface area contributed by atoms with E-state index in [-0.39, 0.29) is 9.83 Å². The van der Waals surface area contributed by atoms with Crippen LogP contribution in [0.2, 0.25) is 0 Å². The number of hydrogen-bond donors (Lipinski definition) is 1. The van der Waals surface area contributed by atoms with Crippen LogP contribution in [0.25, 0.3) is 0 Å². The van der Waals surface area contributed by atoms with Crippen molar-refractivity contribution in [2.45, 2.75) is 24.8 Å². The second-order valence-electron chi connectivity index (χ2n) is 2.35. The van der Waals surface area contributed by atoms with Crippen molar-refractivity contribution in [2.24, 2.45) is 10.7 Å². The van der Waals surface area contributed by atoms with Gasteiger partial charge in [0.15, 0.2) is 5.78 Å². The lowest BCUT2D eigenvalue weighted by molar-refractivity contribution is -0.113. The SMILES string of the molecule is C/C=C(C(C)=O)\C(N)=N/C(C)I. The van der Waals surface area contributed by atoms with Crippen LogP contribution in [0.5, 0.6) is 0 Å². The van der Waals surface area contributed by atoms with E-state index in [0.717, 1.165) is 0 Å². The number of halogens is 1. The highest BCUT2D eigenvalue weighted by Crippen LogP contribution is 2.03. The molecule has 12 heavy (non-hydrogen) atoms. The number of Topliss-reactive ketones (excluding diaryl/α,β-unsaturated/α-hetero) is 1. The molecule has 3 nitrogen and oxygen atoms in total.